The van der Waals surface area contributed by atoms with Gasteiger partial charge in [0.25, 0.3) is 0 Å². The lowest BCUT2D eigenvalue weighted by molar-refractivity contribution is 0.940. The maximum atomic E-state index is 4.50. The average molecular weight is 137 g/mol. The summed E-state index contributed by atoms with van der Waals surface area (Å²) in [5, 5.41) is 9.26. The minimum atomic E-state index is 0. The fraction of sp³-hybridized carbons (Fsp3) is 0.333. The zero-order chi connectivity index (χ0) is 5.54. The fourth-order valence-electron chi connectivity index (χ4n) is 0.167. The molecule has 0 atom stereocenters. The minimum Gasteiger partial charge on any atom is -0.333 e. The maximum absolute atomic E-state index is 4.50. The third-order valence-corrected chi connectivity index (χ3v) is 0.331. The molecule has 0 amide bonds. The molecule has 3 N–H and O–H groups in total. The van der Waals surface area contributed by atoms with Crippen molar-refractivity contribution >= 4 is 12.4 Å². The molecule has 1 aromatic rings. The van der Waals surface area contributed by atoms with Gasteiger partial charge < -0.3 is 5.73 Å². The molecule has 1 rings (SSSR count). The molecule has 0 aliphatic rings. The van der Waals surface area contributed by atoms with Crippen LogP contribution in [0.15, 0.2) is 12.4 Å². The summed E-state index contributed by atoms with van der Waals surface area (Å²) in [4.78, 5) is 0. The first kappa shape index (κ1) is 10.4. The Bertz CT molecular complexity index is 67.8. The Kier molecular flexibility index (Phi) is 12.5. The van der Waals surface area contributed by atoms with Gasteiger partial charge in [0.1, 0.15) is 0 Å². The molecule has 0 saturated carbocycles. The molecule has 0 bridgehead atoms. The van der Waals surface area contributed by atoms with Gasteiger partial charge in [0.05, 0.1) is 6.20 Å². The molecule has 1 aromatic heterocycles. The monoisotopic (exact) mass is 136 g/mol. The molecule has 5 heteroatoms. The van der Waals surface area contributed by atoms with Crippen molar-refractivity contribution in [2.24, 2.45) is 5.73 Å². The Balaban J connectivity index is 0. The van der Waals surface area contributed by atoms with E-state index in [0.717, 1.165) is 0 Å². The van der Waals surface area contributed by atoms with Crippen molar-refractivity contribution in [1.82, 2.24) is 15.4 Å². The topological polar surface area (TPSA) is 67.6 Å². The number of hydrogen-bond acceptors (Lipinski definition) is 3. The smallest absolute Gasteiger partial charge is 0.0690 e. The Morgan fingerprint density at radius 3 is 2.25 bits per heavy atom. The van der Waals surface area contributed by atoms with Crippen LogP contribution in [-0.4, -0.2) is 22.5 Å². The number of halogens is 1. The summed E-state index contributed by atoms with van der Waals surface area (Å²) in [6, 6.07) is 0. The third kappa shape index (κ3) is 5.39. The number of nitrogens with zero attached hydrogens (tertiary/aromatic N) is 2. The lowest BCUT2D eigenvalue weighted by Crippen LogP contribution is -1.69. The van der Waals surface area contributed by atoms with Crippen LogP contribution in [0.3, 0.4) is 0 Å². The first-order valence-electron chi connectivity index (χ1n) is 1.88. The van der Waals surface area contributed by atoms with Crippen LogP contribution in [0.5, 0.6) is 0 Å². The van der Waals surface area contributed by atoms with Crippen molar-refractivity contribution in [1.29, 1.82) is 0 Å². The van der Waals surface area contributed by atoms with E-state index in [4.69, 9.17) is 0 Å². The third-order valence-electron chi connectivity index (χ3n) is 0.331. The highest BCUT2D eigenvalue weighted by atomic mass is 35.5. The van der Waals surface area contributed by atoms with Gasteiger partial charge in [-0.25, -0.2) is 0 Å². The van der Waals surface area contributed by atoms with Crippen molar-refractivity contribution in [2.45, 2.75) is 0 Å². The molecular weight excluding hydrogens is 128 g/mol. The van der Waals surface area contributed by atoms with Gasteiger partial charge >= 0.3 is 0 Å². The molecule has 0 aliphatic carbocycles. The normalized spacial score (nSPS) is 5.75. The van der Waals surface area contributed by atoms with E-state index in [0.29, 0.717) is 0 Å². The van der Waals surface area contributed by atoms with E-state index < -0.39 is 0 Å². The predicted octanol–water partition coefficient (Wildman–Crippen LogP) is -0.199. The van der Waals surface area contributed by atoms with E-state index in [9.17, 15) is 0 Å². The SMILES string of the molecule is CN.Cl.c1c[nH]nn1. The van der Waals surface area contributed by atoms with Crippen LogP contribution in [0.1, 0.15) is 0 Å². The molecule has 0 unspecified atom stereocenters. The zero-order valence-electron chi connectivity index (χ0n) is 4.53. The van der Waals surface area contributed by atoms with Crippen LogP contribution in [0.25, 0.3) is 0 Å². The van der Waals surface area contributed by atoms with Crippen LogP contribution in [0, 0.1) is 0 Å². The summed E-state index contributed by atoms with van der Waals surface area (Å²) in [6.45, 7) is 0. The van der Waals surface area contributed by atoms with Gasteiger partial charge in [0.15, 0.2) is 0 Å². The van der Waals surface area contributed by atoms with E-state index in [-0.39, 0.29) is 12.4 Å². The van der Waals surface area contributed by atoms with Crippen LogP contribution in [0.2, 0.25) is 0 Å². The van der Waals surface area contributed by atoms with Gasteiger partial charge in [-0.15, -0.1) is 17.5 Å². The van der Waals surface area contributed by atoms with E-state index in [2.05, 4.69) is 21.1 Å². The molecule has 4 nitrogen and oxygen atoms in total. The van der Waals surface area contributed by atoms with Gasteiger partial charge in [-0.2, -0.15) is 0 Å². The Labute approximate surface area is 53.9 Å². The van der Waals surface area contributed by atoms with Gasteiger partial charge in [-0.3, -0.25) is 5.10 Å². The minimum absolute atomic E-state index is 0. The summed E-state index contributed by atoms with van der Waals surface area (Å²) < 4.78 is 0. The first-order chi connectivity index (χ1) is 3.50. The maximum Gasteiger partial charge on any atom is 0.0690 e. The second-order valence-corrected chi connectivity index (χ2v) is 0.660. The van der Waals surface area contributed by atoms with E-state index >= 15 is 0 Å². The molecule has 1 heterocycles. The summed E-state index contributed by atoms with van der Waals surface area (Å²) in [5.41, 5.74) is 4.50. The van der Waals surface area contributed by atoms with Crippen LogP contribution in [-0.2, 0) is 0 Å². The summed E-state index contributed by atoms with van der Waals surface area (Å²) in [6.07, 6.45) is 3.24. The molecule has 0 radical (unpaired) electrons. The van der Waals surface area contributed by atoms with Crippen molar-refractivity contribution in [3.8, 4) is 0 Å². The molecule has 0 spiro atoms. The van der Waals surface area contributed by atoms with E-state index in [1.807, 2.05) is 0 Å². The second kappa shape index (κ2) is 9.63. The van der Waals surface area contributed by atoms with Gasteiger partial charge in [-0.05, 0) is 7.05 Å². The molecule has 0 aliphatic heterocycles. The number of H-pyrrole nitrogens is 1. The Hall–Kier alpha value is -0.610. The van der Waals surface area contributed by atoms with Crippen molar-refractivity contribution in [3.05, 3.63) is 12.4 Å². The van der Waals surface area contributed by atoms with Gasteiger partial charge in [0, 0.05) is 6.20 Å². The molecule has 0 saturated heterocycles. The summed E-state index contributed by atoms with van der Waals surface area (Å²) in [5.74, 6) is 0. The van der Waals surface area contributed by atoms with Crippen LogP contribution >= 0.6 is 12.4 Å². The standard InChI is InChI=1S/C2H3N3.CH5N.ClH/c1-2-4-5-3-1;1-2;/h1-2H,(H,3,4,5);2H2,1H3;1H. The molecular formula is C3H9ClN4. The largest absolute Gasteiger partial charge is 0.333 e. The Morgan fingerprint density at radius 2 is 2.12 bits per heavy atom. The Morgan fingerprint density at radius 1 is 1.50 bits per heavy atom. The zero-order valence-corrected chi connectivity index (χ0v) is 5.35. The number of rotatable bonds is 0. The van der Waals surface area contributed by atoms with Crippen LogP contribution < -0.4 is 5.73 Å². The number of aromatic amines is 1. The first-order valence-corrected chi connectivity index (χ1v) is 1.88. The van der Waals surface area contributed by atoms with Crippen LogP contribution in [0.4, 0.5) is 0 Å². The molecule has 0 fully saturated rings. The molecule has 8 heavy (non-hydrogen) atoms. The highest BCUT2D eigenvalue weighted by Gasteiger charge is 1.57. The number of nitrogens with two attached hydrogens (primary N) is 1. The predicted molar refractivity (Wildman–Crippen MR) is 33.7 cm³/mol. The number of hydrogen-bond donors (Lipinski definition) is 2. The van der Waals surface area contributed by atoms with E-state index in [1.165, 1.54) is 7.05 Å². The van der Waals surface area contributed by atoms with Crippen molar-refractivity contribution in [2.75, 3.05) is 7.05 Å². The summed E-state index contributed by atoms with van der Waals surface area (Å²) >= 11 is 0. The highest BCUT2D eigenvalue weighted by Crippen LogP contribution is 1.55. The molecule has 0 aromatic carbocycles. The number of nitrogens with one attached hydrogen (secondary N) is 1. The van der Waals surface area contributed by atoms with Gasteiger partial charge in [0.2, 0.25) is 0 Å². The quantitative estimate of drug-likeness (QED) is 0.519. The average Bonchev–Trinajstić information content (AvgIpc) is 2.23. The lowest BCUT2D eigenvalue weighted by atomic mass is 11.0. The second-order valence-electron chi connectivity index (χ2n) is 0.660. The fourth-order valence-corrected chi connectivity index (χ4v) is 0.167. The highest BCUT2D eigenvalue weighted by molar-refractivity contribution is 5.85. The van der Waals surface area contributed by atoms with E-state index in [1.54, 1.807) is 12.4 Å². The lowest BCUT2D eigenvalue weighted by Gasteiger charge is -1.46. The van der Waals surface area contributed by atoms with Crippen molar-refractivity contribution < 1.29 is 0 Å². The van der Waals surface area contributed by atoms with Crippen molar-refractivity contribution in [3.63, 3.8) is 0 Å². The van der Waals surface area contributed by atoms with Gasteiger partial charge in [-0.1, -0.05) is 5.21 Å². The summed E-state index contributed by atoms with van der Waals surface area (Å²) in [7, 11) is 1.50. The molecule has 48 valence electrons. The number of aromatic nitrogens is 3.